The van der Waals surface area contributed by atoms with Gasteiger partial charge in [0, 0.05) is 32.0 Å². The maximum absolute atomic E-state index is 13.9. The Morgan fingerprint density at radius 3 is 2.64 bits per heavy atom. The molecule has 0 saturated carbocycles. The summed E-state index contributed by atoms with van der Waals surface area (Å²) in [6, 6.07) is 14.6. The molecule has 10 nitrogen and oxygen atoms in total. The van der Waals surface area contributed by atoms with Gasteiger partial charge in [0.15, 0.2) is 0 Å². The molecule has 1 saturated heterocycles. The first-order valence-electron chi connectivity index (χ1n) is 15.7. The van der Waals surface area contributed by atoms with Crippen molar-refractivity contribution < 1.29 is 19.2 Å². The number of aromatic nitrogens is 2. The quantitative estimate of drug-likeness (QED) is 0.439. The fourth-order valence-corrected chi connectivity index (χ4v) is 6.32. The number of hydrogen-bond donors (Lipinski definition) is 2. The minimum Gasteiger partial charge on any atom is -0.354 e. The van der Waals surface area contributed by atoms with Crippen LogP contribution in [0, 0.1) is 5.92 Å². The molecule has 3 aromatic rings. The molecular formula is C34H41ClN6O4. The van der Waals surface area contributed by atoms with Crippen LogP contribution in [0.25, 0.3) is 5.69 Å². The van der Waals surface area contributed by atoms with Crippen LogP contribution in [-0.2, 0) is 26.3 Å². The first-order valence-corrected chi connectivity index (χ1v) is 16.1. The topological polar surface area (TPSA) is 117 Å². The zero-order valence-corrected chi connectivity index (χ0v) is 26.7. The summed E-state index contributed by atoms with van der Waals surface area (Å²) in [6.07, 6.45) is 7.28. The molecule has 2 aromatic carbocycles. The van der Waals surface area contributed by atoms with Gasteiger partial charge in [-0.15, -0.1) is 0 Å². The number of nitrogens with zero attached hydrogens (tertiary/aromatic N) is 4. The third-order valence-corrected chi connectivity index (χ3v) is 8.91. The van der Waals surface area contributed by atoms with Crippen LogP contribution in [0.4, 0.5) is 0 Å². The molecule has 1 unspecified atom stereocenters. The Morgan fingerprint density at radius 1 is 1.04 bits per heavy atom. The lowest BCUT2D eigenvalue weighted by Gasteiger charge is -2.39. The smallest absolute Gasteiger partial charge is 0.255 e. The van der Waals surface area contributed by atoms with Gasteiger partial charge in [-0.05, 0) is 79.8 Å². The van der Waals surface area contributed by atoms with E-state index >= 15 is 0 Å². The van der Waals surface area contributed by atoms with Crippen molar-refractivity contribution in [2.75, 3.05) is 32.7 Å². The highest BCUT2D eigenvalue weighted by molar-refractivity contribution is 6.34. The van der Waals surface area contributed by atoms with Gasteiger partial charge in [-0.2, -0.15) is 5.10 Å². The van der Waals surface area contributed by atoms with E-state index in [1.54, 1.807) is 41.3 Å². The van der Waals surface area contributed by atoms with Crippen molar-refractivity contribution in [1.29, 1.82) is 0 Å². The highest BCUT2D eigenvalue weighted by atomic mass is 35.5. The van der Waals surface area contributed by atoms with Crippen LogP contribution < -0.4 is 10.6 Å². The Balaban J connectivity index is 1.43. The van der Waals surface area contributed by atoms with E-state index in [2.05, 4.69) is 29.6 Å². The second kappa shape index (κ2) is 14.3. The standard InChI is InChI=1S/C34H41ClN6O4/c1-24(2)14-20-39-22-30(42)38-34(15-7-10-25-9-3-4-11-28(25)34)33(45)36-16-5-6-18-40(23-31(39)43)32(44)27-21-26(12-13-29(27)35)41-19-8-17-37-41/h3-4,8-9,11-13,17,19,21,24H,5-7,10,14-16,18,20,22-23H2,1-2H3,(H,36,45)(H,38,42). The van der Waals surface area contributed by atoms with E-state index in [1.165, 1.54) is 9.80 Å². The fourth-order valence-electron chi connectivity index (χ4n) is 6.12. The van der Waals surface area contributed by atoms with Gasteiger partial charge in [0.05, 0.1) is 22.8 Å². The van der Waals surface area contributed by atoms with E-state index in [1.807, 2.05) is 24.3 Å². The van der Waals surface area contributed by atoms with Crippen LogP contribution in [-0.4, -0.2) is 75.9 Å². The molecule has 45 heavy (non-hydrogen) atoms. The number of rotatable bonds is 5. The second-order valence-corrected chi connectivity index (χ2v) is 12.7. The number of nitrogens with one attached hydrogen (secondary N) is 2. The van der Waals surface area contributed by atoms with Crippen LogP contribution in [0.5, 0.6) is 0 Å². The highest BCUT2D eigenvalue weighted by Crippen LogP contribution is 2.36. The molecular weight excluding hydrogens is 592 g/mol. The summed E-state index contributed by atoms with van der Waals surface area (Å²) in [6.45, 7) is 4.67. The molecule has 238 valence electrons. The van der Waals surface area contributed by atoms with Crippen molar-refractivity contribution in [2.45, 2.75) is 57.9 Å². The molecule has 1 aliphatic carbocycles. The van der Waals surface area contributed by atoms with E-state index in [0.717, 1.165) is 24.0 Å². The predicted octanol–water partition coefficient (Wildman–Crippen LogP) is 4.10. The van der Waals surface area contributed by atoms with Gasteiger partial charge in [-0.3, -0.25) is 19.2 Å². The van der Waals surface area contributed by atoms with Gasteiger partial charge in [-0.1, -0.05) is 49.7 Å². The summed E-state index contributed by atoms with van der Waals surface area (Å²) in [7, 11) is 0. The summed E-state index contributed by atoms with van der Waals surface area (Å²) < 4.78 is 1.63. The summed E-state index contributed by atoms with van der Waals surface area (Å²) in [4.78, 5) is 58.4. The minimum atomic E-state index is -1.21. The van der Waals surface area contributed by atoms with Crippen molar-refractivity contribution in [3.05, 3.63) is 82.6 Å². The third-order valence-electron chi connectivity index (χ3n) is 8.58. The van der Waals surface area contributed by atoms with Crippen molar-refractivity contribution in [3.8, 4) is 5.69 Å². The van der Waals surface area contributed by atoms with E-state index < -0.39 is 11.4 Å². The highest BCUT2D eigenvalue weighted by Gasteiger charge is 2.44. The van der Waals surface area contributed by atoms with E-state index in [4.69, 9.17) is 11.6 Å². The molecule has 2 N–H and O–H groups in total. The predicted molar refractivity (Wildman–Crippen MR) is 172 cm³/mol. The molecule has 2 heterocycles. The minimum absolute atomic E-state index is 0.202. The Hall–Kier alpha value is -4.18. The number of aryl methyl sites for hydroxylation is 1. The summed E-state index contributed by atoms with van der Waals surface area (Å²) in [5, 5.41) is 10.6. The lowest BCUT2D eigenvalue weighted by molar-refractivity contribution is -0.139. The van der Waals surface area contributed by atoms with Crippen molar-refractivity contribution >= 4 is 35.2 Å². The van der Waals surface area contributed by atoms with Gasteiger partial charge in [0.2, 0.25) is 17.7 Å². The van der Waals surface area contributed by atoms with Crippen molar-refractivity contribution in [2.24, 2.45) is 5.92 Å². The molecule has 1 aromatic heterocycles. The summed E-state index contributed by atoms with van der Waals surface area (Å²) in [5.74, 6) is -1.10. The normalized spacial score (nSPS) is 20.0. The molecule has 1 spiro atoms. The molecule has 1 aliphatic heterocycles. The monoisotopic (exact) mass is 632 g/mol. The molecule has 0 bridgehead atoms. The van der Waals surface area contributed by atoms with Gasteiger partial charge >= 0.3 is 0 Å². The van der Waals surface area contributed by atoms with Crippen LogP contribution in [0.3, 0.4) is 0 Å². The van der Waals surface area contributed by atoms with Gasteiger partial charge in [0.25, 0.3) is 5.91 Å². The zero-order valence-electron chi connectivity index (χ0n) is 25.9. The number of hydrogen-bond acceptors (Lipinski definition) is 5. The molecule has 5 rings (SSSR count). The van der Waals surface area contributed by atoms with Gasteiger partial charge in [-0.25, -0.2) is 4.68 Å². The van der Waals surface area contributed by atoms with Crippen molar-refractivity contribution in [3.63, 3.8) is 0 Å². The van der Waals surface area contributed by atoms with E-state index in [-0.39, 0.29) is 53.9 Å². The third kappa shape index (κ3) is 7.39. The first kappa shape index (κ1) is 32.2. The Morgan fingerprint density at radius 2 is 1.87 bits per heavy atom. The SMILES string of the molecule is CC(C)CCN1CC(=O)NC2(CCCc3ccccc32)C(=O)NCCCCN(C(=O)c2cc(-n3cccn3)ccc2Cl)CC1=O. The number of amides is 4. The van der Waals surface area contributed by atoms with Gasteiger partial charge in [0.1, 0.15) is 12.1 Å². The first-order chi connectivity index (χ1) is 21.7. The maximum Gasteiger partial charge on any atom is 0.255 e. The van der Waals surface area contributed by atoms with Crippen LogP contribution >= 0.6 is 11.6 Å². The summed E-state index contributed by atoms with van der Waals surface area (Å²) in [5.41, 5.74) is 1.56. The van der Waals surface area contributed by atoms with E-state index in [9.17, 15) is 19.2 Å². The molecule has 1 fully saturated rings. The number of carbonyl (C=O) groups is 4. The Kier molecular flexibility index (Phi) is 10.2. The fraction of sp³-hybridized carbons (Fsp3) is 0.441. The van der Waals surface area contributed by atoms with Crippen molar-refractivity contribution in [1.82, 2.24) is 30.2 Å². The van der Waals surface area contributed by atoms with Crippen LogP contribution in [0.2, 0.25) is 5.02 Å². The van der Waals surface area contributed by atoms with Crippen LogP contribution in [0.1, 0.15) is 67.4 Å². The molecule has 2 aliphatic rings. The lowest BCUT2D eigenvalue weighted by Crippen LogP contribution is -2.60. The number of fused-ring (bicyclic) bond motifs is 2. The second-order valence-electron chi connectivity index (χ2n) is 12.3. The Labute approximate surface area is 269 Å². The molecule has 1 atom stereocenters. The number of carbonyl (C=O) groups excluding carboxylic acids is 4. The maximum atomic E-state index is 13.9. The molecule has 11 heteroatoms. The summed E-state index contributed by atoms with van der Waals surface area (Å²) >= 11 is 6.51. The number of benzene rings is 2. The Bertz CT molecular complexity index is 1540. The lowest BCUT2D eigenvalue weighted by atomic mass is 9.75. The molecule has 4 amide bonds. The zero-order chi connectivity index (χ0) is 32.0. The number of halogens is 1. The average Bonchev–Trinajstić information content (AvgIpc) is 3.57. The average molecular weight is 633 g/mol. The molecule has 0 radical (unpaired) electrons. The van der Waals surface area contributed by atoms with Crippen LogP contribution in [0.15, 0.2) is 60.9 Å². The van der Waals surface area contributed by atoms with E-state index in [0.29, 0.717) is 44.5 Å². The largest absolute Gasteiger partial charge is 0.354 e. The van der Waals surface area contributed by atoms with Gasteiger partial charge < -0.3 is 20.4 Å².